The molecule has 0 aliphatic carbocycles. The third-order valence-corrected chi connectivity index (χ3v) is 5.00. The van der Waals surface area contributed by atoms with Crippen LogP contribution in [0.5, 0.6) is 0 Å². The molecule has 0 unspecified atom stereocenters. The van der Waals surface area contributed by atoms with E-state index in [2.05, 4.69) is 20.8 Å². The fourth-order valence-electron chi connectivity index (χ4n) is 2.77. The van der Waals surface area contributed by atoms with Crippen molar-refractivity contribution in [2.24, 2.45) is 10.8 Å². The van der Waals surface area contributed by atoms with Crippen LogP contribution in [-0.2, 0) is 0 Å². The molecular weight excluding hydrogens is 336 g/mol. The van der Waals surface area contributed by atoms with Gasteiger partial charge in [-0.15, -0.1) is 0 Å². The second-order valence-electron chi connectivity index (χ2n) is 7.67. The first-order valence-corrected chi connectivity index (χ1v) is 10.2. The predicted octanol–water partition coefficient (Wildman–Crippen LogP) is 4.79. The first-order valence-electron chi connectivity index (χ1n) is 9.83. The van der Waals surface area contributed by atoms with E-state index < -0.39 is 5.41 Å². The van der Waals surface area contributed by atoms with Crippen molar-refractivity contribution in [3.63, 3.8) is 0 Å². The summed E-state index contributed by atoms with van der Waals surface area (Å²) in [6.45, 7) is 7.78. The molecule has 0 atom stereocenters. The quantitative estimate of drug-likeness (QED) is 0.327. The summed E-state index contributed by atoms with van der Waals surface area (Å²) in [5.74, 6) is 0. The van der Waals surface area contributed by atoms with E-state index in [1.54, 1.807) is 6.92 Å². The maximum absolute atomic E-state index is 9.52. The Morgan fingerprint density at radius 3 is 1.24 bits per heavy atom. The van der Waals surface area contributed by atoms with E-state index >= 15 is 0 Å². The standard InChI is InChI=1S/C15H30OS.C5H12O3/c1-4-7-10-15(11-8-5-2,12-9-6-3)13-14(16)17;1-5(2-6,3-7)4-8/h4-13H2,1-3H3,(H,16,17);6-8H,2-4H2,1H3. The highest BCUT2D eigenvalue weighted by Crippen LogP contribution is 2.40. The average molecular weight is 379 g/mol. The van der Waals surface area contributed by atoms with Crippen LogP contribution in [0, 0.1) is 10.8 Å². The summed E-state index contributed by atoms with van der Waals surface area (Å²) in [6, 6.07) is 0. The van der Waals surface area contributed by atoms with Crippen LogP contribution in [0.3, 0.4) is 0 Å². The molecule has 0 bridgehead atoms. The maximum Gasteiger partial charge on any atom is 0.157 e. The molecule has 152 valence electrons. The molecular formula is C20H42O4S. The molecule has 0 rings (SSSR count). The molecule has 0 aromatic carbocycles. The van der Waals surface area contributed by atoms with Gasteiger partial charge in [0.2, 0.25) is 0 Å². The maximum atomic E-state index is 9.52. The fraction of sp³-hybridized carbons (Fsp3) is 0.950. The molecule has 4 nitrogen and oxygen atoms in total. The van der Waals surface area contributed by atoms with E-state index in [4.69, 9.17) is 27.5 Å². The lowest BCUT2D eigenvalue weighted by Gasteiger charge is -2.33. The van der Waals surface area contributed by atoms with Gasteiger partial charge in [-0.25, -0.2) is 0 Å². The summed E-state index contributed by atoms with van der Waals surface area (Å²) in [4.78, 5) is 0. The number of hydrogen-bond acceptors (Lipinski definition) is 4. The number of hydrogen-bond donors (Lipinski definition) is 4. The molecule has 0 saturated heterocycles. The van der Waals surface area contributed by atoms with Gasteiger partial charge >= 0.3 is 0 Å². The Morgan fingerprint density at radius 2 is 1.08 bits per heavy atom. The van der Waals surface area contributed by atoms with E-state index in [9.17, 15) is 5.11 Å². The van der Waals surface area contributed by atoms with Crippen LogP contribution in [0.2, 0.25) is 0 Å². The number of thiocarbonyl (C=S) groups is 1. The molecule has 0 amide bonds. The third-order valence-electron chi connectivity index (χ3n) is 4.85. The molecule has 0 heterocycles. The Morgan fingerprint density at radius 1 is 0.760 bits per heavy atom. The van der Waals surface area contributed by atoms with Gasteiger partial charge in [0, 0.05) is 11.8 Å². The van der Waals surface area contributed by atoms with Crippen molar-refractivity contribution < 1.29 is 20.4 Å². The minimum atomic E-state index is -0.708. The Labute approximate surface area is 160 Å². The van der Waals surface area contributed by atoms with Crippen molar-refractivity contribution in [1.82, 2.24) is 0 Å². The highest BCUT2D eigenvalue weighted by atomic mass is 32.1. The summed E-state index contributed by atoms with van der Waals surface area (Å²) >= 11 is 4.95. The van der Waals surface area contributed by atoms with E-state index in [-0.39, 0.29) is 30.3 Å². The Bertz CT molecular complexity index is 287. The van der Waals surface area contributed by atoms with Crippen LogP contribution < -0.4 is 0 Å². The largest absolute Gasteiger partial charge is 0.502 e. The summed E-state index contributed by atoms with van der Waals surface area (Å²) in [6.07, 6.45) is 11.9. The van der Waals surface area contributed by atoms with E-state index in [1.807, 2.05) is 0 Å². The molecule has 0 fully saturated rings. The van der Waals surface area contributed by atoms with Gasteiger partial charge in [-0.05, 0) is 36.9 Å². The minimum Gasteiger partial charge on any atom is -0.502 e. The van der Waals surface area contributed by atoms with Gasteiger partial charge in [0.15, 0.2) is 5.05 Å². The SMILES string of the molecule is CC(CO)(CO)CO.CCCCC(CCCC)(CCCC)CC(O)=S. The summed E-state index contributed by atoms with van der Waals surface area (Å²) in [7, 11) is 0. The van der Waals surface area contributed by atoms with E-state index in [1.165, 1.54) is 57.8 Å². The van der Waals surface area contributed by atoms with Gasteiger partial charge in [-0.3, -0.25) is 0 Å². The molecule has 0 spiro atoms. The monoisotopic (exact) mass is 378 g/mol. The van der Waals surface area contributed by atoms with Gasteiger partial charge < -0.3 is 20.4 Å². The lowest BCUT2D eigenvalue weighted by atomic mass is 9.72. The van der Waals surface area contributed by atoms with Crippen LogP contribution in [0.15, 0.2) is 0 Å². The van der Waals surface area contributed by atoms with Crippen molar-refractivity contribution in [1.29, 1.82) is 0 Å². The fourth-order valence-corrected chi connectivity index (χ4v) is 3.07. The smallest absolute Gasteiger partial charge is 0.157 e. The Hall–Kier alpha value is -0.230. The zero-order valence-corrected chi connectivity index (χ0v) is 17.7. The molecule has 0 aliphatic heterocycles. The molecule has 25 heavy (non-hydrogen) atoms. The molecule has 4 N–H and O–H groups in total. The normalized spacial score (nSPS) is 11.8. The van der Waals surface area contributed by atoms with E-state index in [0.717, 1.165) is 6.42 Å². The number of aliphatic hydroxyl groups is 4. The van der Waals surface area contributed by atoms with Crippen molar-refractivity contribution >= 4 is 17.3 Å². The third kappa shape index (κ3) is 13.6. The van der Waals surface area contributed by atoms with Crippen LogP contribution in [0.1, 0.15) is 91.9 Å². The molecule has 0 aromatic rings. The average Bonchev–Trinajstić information content (AvgIpc) is 2.62. The van der Waals surface area contributed by atoms with Crippen molar-refractivity contribution in [3.05, 3.63) is 0 Å². The second kappa shape index (κ2) is 16.0. The van der Waals surface area contributed by atoms with E-state index in [0.29, 0.717) is 0 Å². The predicted molar refractivity (Wildman–Crippen MR) is 110 cm³/mol. The van der Waals surface area contributed by atoms with Crippen molar-refractivity contribution in [2.75, 3.05) is 19.8 Å². The van der Waals surface area contributed by atoms with Crippen molar-refractivity contribution in [2.45, 2.75) is 91.9 Å². The topological polar surface area (TPSA) is 80.9 Å². The lowest BCUT2D eigenvalue weighted by Crippen LogP contribution is -2.29. The molecule has 0 aliphatic rings. The molecule has 0 radical (unpaired) electrons. The summed E-state index contributed by atoms with van der Waals surface area (Å²) in [5, 5.41) is 35.1. The van der Waals surface area contributed by atoms with Crippen molar-refractivity contribution in [3.8, 4) is 0 Å². The number of unbranched alkanes of at least 4 members (excludes halogenated alkanes) is 3. The molecule has 0 saturated carbocycles. The second-order valence-corrected chi connectivity index (χ2v) is 8.14. The van der Waals surface area contributed by atoms with Crippen LogP contribution in [-0.4, -0.2) is 45.3 Å². The highest BCUT2D eigenvalue weighted by Gasteiger charge is 2.29. The highest BCUT2D eigenvalue weighted by molar-refractivity contribution is 7.80. The first-order chi connectivity index (χ1) is 11.8. The first kappa shape index (κ1) is 27.0. The van der Waals surface area contributed by atoms with Gasteiger partial charge in [0.1, 0.15) is 0 Å². The Kier molecular flexibility index (Phi) is 17.3. The summed E-state index contributed by atoms with van der Waals surface area (Å²) in [5.41, 5.74) is -0.423. The summed E-state index contributed by atoms with van der Waals surface area (Å²) < 4.78 is 0. The van der Waals surface area contributed by atoms with Gasteiger partial charge in [0.05, 0.1) is 19.8 Å². The molecule has 5 heteroatoms. The minimum absolute atomic E-state index is 0.181. The van der Waals surface area contributed by atoms with Gasteiger partial charge in [-0.1, -0.05) is 66.2 Å². The Balaban J connectivity index is 0. The number of rotatable bonds is 14. The van der Waals surface area contributed by atoms with Crippen LogP contribution in [0.4, 0.5) is 0 Å². The zero-order valence-electron chi connectivity index (χ0n) is 16.9. The van der Waals surface area contributed by atoms with Crippen LogP contribution in [0.25, 0.3) is 0 Å². The zero-order chi connectivity index (χ0) is 19.8. The lowest BCUT2D eigenvalue weighted by molar-refractivity contribution is 0.0200. The van der Waals surface area contributed by atoms with Gasteiger partial charge in [0.25, 0.3) is 0 Å². The molecule has 0 aromatic heterocycles. The number of aliphatic hydroxyl groups excluding tert-OH is 4. The van der Waals surface area contributed by atoms with Crippen LogP contribution >= 0.6 is 12.2 Å². The van der Waals surface area contributed by atoms with Gasteiger partial charge in [-0.2, -0.15) is 0 Å².